The van der Waals surface area contributed by atoms with Gasteiger partial charge >= 0.3 is 0 Å². The van der Waals surface area contributed by atoms with Crippen molar-refractivity contribution >= 4 is 5.78 Å². The average Bonchev–Trinajstić information content (AvgIpc) is 2.44. The summed E-state index contributed by atoms with van der Waals surface area (Å²) in [6.07, 6.45) is 5.87. The van der Waals surface area contributed by atoms with E-state index in [0.29, 0.717) is 12.8 Å². The predicted molar refractivity (Wildman–Crippen MR) is 76.9 cm³/mol. The topological polar surface area (TPSA) is 52.1 Å². The molecule has 0 N–H and O–H groups in total. The van der Waals surface area contributed by atoms with Gasteiger partial charge in [0.2, 0.25) is 0 Å². The molecule has 104 valence electrons. The van der Waals surface area contributed by atoms with Gasteiger partial charge in [0.1, 0.15) is 11.5 Å². The summed E-state index contributed by atoms with van der Waals surface area (Å²) in [6, 6.07) is 3.71. The number of carbonyl (C=O) groups is 1. The second kappa shape index (κ2) is 6.28. The van der Waals surface area contributed by atoms with Crippen LogP contribution in [0, 0.1) is 13.8 Å². The Kier molecular flexibility index (Phi) is 4.45. The van der Waals surface area contributed by atoms with Crippen molar-refractivity contribution in [3.8, 4) is 5.75 Å². The van der Waals surface area contributed by atoms with Gasteiger partial charge in [-0.15, -0.1) is 0 Å². The van der Waals surface area contributed by atoms with E-state index in [1.54, 1.807) is 25.7 Å². The van der Waals surface area contributed by atoms with Crippen molar-refractivity contribution in [2.75, 3.05) is 7.11 Å². The van der Waals surface area contributed by atoms with Crippen molar-refractivity contribution in [1.82, 2.24) is 9.97 Å². The Morgan fingerprint density at radius 1 is 1.20 bits per heavy atom. The number of pyridine rings is 2. The van der Waals surface area contributed by atoms with E-state index in [2.05, 4.69) is 9.97 Å². The Balaban J connectivity index is 2.12. The molecule has 0 spiro atoms. The van der Waals surface area contributed by atoms with Gasteiger partial charge in [-0.2, -0.15) is 0 Å². The van der Waals surface area contributed by atoms with E-state index in [-0.39, 0.29) is 5.78 Å². The van der Waals surface area contributed by atoms with Crippen LogP contribution in [0.4, 0.5) is 0 Å². The highest BCUT2D eigenvalue weighted by Gasteiger charge is 2.13. The van der Waals surface area contributed by atoms with Crippen molar-refractivity contribution in [3.63, 3.8) is 0 Å². The number of nitrogens with zero attached hydrogens (tertiary/aromatic N) is 2. The summed E-state index contributed by atoms with van der Waals surface area (Å²) >= 11 is 0. The lowest BCUT2D eigenvalue weighted by Gasteiger charge is -2.11. The summed E-state index contributed by atoms with van der Waals surface area (Å²) < 4.78 is 5.36. The molecular formula is C16H18N2O2. The number of rotatable bonds is 5. The molecule has 0 radical (unpaired) electrons. The molecular weight excluding hydrogens is 252 g/mol. The SMILES string of the molecule is COc1c(C)cnc(CC(=O)Cc2ccncc2)c1C. The number of Topliss-reactive ketones (excluding diaryl/α,β-unsaturated/α-hetero) is 1. The molecule has 0 aliphatic rings. The first-order valence-electron chi connectivity index (χ1n) is 6.51. The number of hydrogen-bond donors (Lipinski definition) is 0. The molecule has 0 aliphatic heterocycles. The van der Waals surface area contributed by atoms with E-state index in [1.165, 1.54) is 0 Å². The number of carbonyl (C=O) groups excluding carboxylic acids is 1. The molecule has 0 unspecified atom stereocenters. The van der Waals surface area contributed by atoms with Gasteiger partial charge in [-0.1, -0.05) is 0 Å². The largest absolute Gasteiger partial charge is 0.496 e. The van der Waals surface area contributed by atoms with E-state index in [0.717, 1.165) is 28.1 Å². The quantitative estimate of drug-likeness (QED) is 0.837. The molecule has 0 aliphatic carbocycles. The van der Waals surface area contributed by atoms with Gasteiger partial charge in [-0.25, -0.2) is 0 Å². The van der Waals surface area contributed by atoms with E-state index >= 15 is 0 Å². The number of methoxy groups -OCH3 is 1. The molecule has 0 saturated carbocycles. The van der Waals surface area contributed by atoms with Crippen LogP contribution in [0.5, 0.6) is 5.75 Å². The number of aryl methyl sites for hydroxylation is 1. The molecule has 2 heterocycles. The van der Waals surface area contributed by atoms with Crippen LogP contribution in [0.15, 0.2) is 30.7 Å². The van der Waals surface area contributed by atoms with E-state index in [1.807, 2.05) is 26.0 Å². The van der Waals surface area contributed by atoms with Crippen molar-refractivity contribution in [2.24, 2.45) is 0 Å². The van der Waals surface area contributed by atoms with Crippen molar-refractivity contribution < 1.29 is 9.53 Å². The summed E-state index contributed by atoms with van der Waals surface area (Å²) in [7, 11) is 1.64. The Bertz CT molecular complexity index is 609. The van der Waals surface area contributed by atoms with Crippen LogP contribution in [0.2, 0.25) is 0 Å². The molecule has 20 heavy (non-hydrogen) atoms. The zero-order valence-corrected chi connectivity index (χ0v) is 12.0. The van der Waals surface area contributed by atoms with Crippen molar-refractivity contribution in [1.29, 1.82) is 0 Å². The molecule has 0 aromatic carbocycles. The Morgan fingerprint density at radius 2 is 1.90 bits per heavy atom. The first kappa shape index (κ1) is 14.2. The number of aromatic nitrogens is 2. The normalized spacial score (nSPS) is 10.3. The summed E-state index contributed by atoms with van der Waals surface area (Å²) in [5, 5.41) is 0. The zero-order valence-electron chi connectivity index (χ0n) is 12.0. The van der Waals surface area contributed by atoms with Gasteiger partial charge < -0.3 is 4.74 Å². The molecule has 0 amide bonds. The third-order valence-corrected chi connectivity index (χ3v) is 3.27. The van der Waals surface area contributed by atoms with Crippen LogP contribution in [-0.4, -0.2) is 22.9 Å². The van der Waals surface area contributed by atoms with E-state index in [9.17, 15) is 4.79 Å². The standard InChI is InChI=1S/C16H18N2O2/c1-11-10-18-15(12(2)16(11)20-3)9-14(19)8-13-4-6-17-7-5-13/h4-7,10H,8-9H2,1-3H3. The minimum absolute atomic E-state index is 0.137. The molecule has 2 rings (SSSR count). The fourth-order valence-corrected chi connectivity index (χ4v) is 2.23. The van der Waals surface area contributed by atoms with E-state index in [4.69, 9.17) is 4.74 Å². The fourth-order valence-electron chi connectivity index (χ4n) is 2.23. The van der Waals surface area contributed by atoms with Crippen LogP contribution in [0.25, 0.3) is 0 Å². The predicted octanol–water partition coefficient (Wildman–Crippen LogP) is 2.46. The van der Waals surface area contributed by atoms with Gasteiger partial charge in [0.05, 0.1) is 12.8 Å². The maximum atomic E-state index is 12.1. The summed E-state index contributed by atoms with van der Waals surface area (Å²) in [4.78, 5) is 20.4. The van der Waals surface area contributed by atoms with Crippen molar-refractivity contribution in [2.45, 2.75) is 26.7 Å². The van der Waals surface area contributed by atoms with Gasteiger partial charge in [-0.05, 0) is 31.5 Å². The maximum Gasteiger partial charge on any atom is 0.143 e. The van der Waals surface area contributed by atoms with Crippen molar-refractivity contribution in [3.05, 3.63) is 53.1 Å². The fraction of sp³-hybridized carbons (Fsp3) is 0.312. The molecule has 2 aromatic rings. The zero-order chi connectivity index (χ0) is 14.5. The third-order valence-electron chi connectivity index (χ3n) is 3.27. The second-order valence-electron chi connectivity index (χ2n) is 4.79. The summed E-state index contributed by atoms with van der Waals surface area (Å²) in [6.45, 7) is 3.88. The van der Waals surface area contributed by atoms with E-state index < -0.39 is 0 Å². The molecule has 0 bridgehead atoms. The van der Waals surface area contributed by atoms with Crippen LogP contribution in [0.3, 0.4) is 0 Å². The summed E-state index contributed by atoms with van der Waals surface area (Å²) in [5.41, 5.74) is 3.68. The minimum Gasteiger partial charge on any atom is -0.496 e. The molecule has 4 heteroatoms. The molecule has 2 aromatic heterocycles. The Labute approximate surface area is 118 Å². The first-order valence-corrected chi connectivity index (χ1v) is 6.51. The van der Waals surface area contributed by atoms with Crippen LogP contribution >= 0.6 is 0 Å². The summed E-state index contributed by atoms with van der Waals surface area (Å²) in [5.74, 6) is 0.949. The number of hydrogen-bond acceptors (Lipinski definition) is 4. The molecule has 0 saturated heterocycles. The van der Waals surface area contributed by atoms with Gasteiger partial charge in [0.25, 0.3) is 0 Å². The molecule has 0 fully saturated rings. The van der Waals surface area contributed by atoms with Gasteiger partial charge in [0.15, 0.2) is 0 Å². The highest BCUT2D eigenvalue weighted by molar-refractivity contribution is 5.83. The smallest absolute Gasteiger partial charge is 0.143 e. The van der Waals surface area contributed by atoms with Gasteiger partial charge in [-0.3, -0.25) is 14.8 Å². The number of ketones is 1. The van der Waals surface area contributed by atoms with Crippen LogP contribution in [-0.2, 0) is 17.6 Å². The molecule has 4 nitrogen and oxygen atoms in total. The Hall–Kier alpha value is -2.23. The minimum atomic E-state index is 0.137. The highest BCUT2D eigenvalue weighted by Crippen LogP contribution is 2.24. The second-order valence-corrected chi connectivity index (χ2v) is 4.79. The average molecular weight is 270 g/mol. The lowest BCUT2D eigenvalue weighted by Crippen LogP contribution is -2.10. The number of ether oxygens (including phenoxy) is 1. The third kappa shape index (κ3) is 3.20. The lowest BCUT2D eigenvalue weighted by molar-refractivity contribution is -0.117. The van der Waals surface area contributed by atoms with Crippen LogP contribution < -0.4 is 4.74 Å². The Morgan fingerprint density at radius 3 is 2.55 bits per heavy atom. The monoisotopic (exact) mass is 270 g/mol. The van der Waals surface area contributed by atoms with Gasteiger partial charge in [0, 0.05) is 42.6 Å². The first-order chi connectivity index (χ1) is 9.61. The molecule has 0 atom stereocenters. The van der Waals surface area contributed by atoms with Crippen LogP contribution in [0.1, 0.15) is 22.4 Å². The highest BCUT2D eigenvalue weighted by atomic mass is 16.5. The maximum absolute atomic E-state index is 12.1. The lowest BCUT2D eigenvalue weighted by atomic mass is 10.0.